The van der Waals surface area contributed by atoms with Crippen LogP contribution in [0.2, 0.25) is 0 Å². The summed E-state index contributed by atoms with van der Waals surface area (Å²) < 4.78 is 1.21. The van der Waals surface area contributed by atoms with Gasteiger partial charge in [-0.1, -0.05) is 0 Å². The van der Waals surface area contributed by atoms with Gasteiger partial charge in [0.2, 0.25) is 5.91 Å². The van der Waals surface area contributed by atoms with Gasteiger partial charge in [0.15, 0.2) is 0 Å². The van der Waals surface area contributed by atoms with Crippen LogP contribution in [0.15, 0.2) is 24.3 Å². The van der Waals surface area contributed by atoms with Gasteiger partial charge in [-0.2, -0.15) is 0 Å². The molecular weight excluding hydrogens is 291 g/mol. The van der Waals surface area contributed by atoms with Crippen LogP contribution in [0.3, 0.4) is 0 Å². The van der Waals surface area contributed by atoms with Crippen molar-refractivity contribution < 1.29 is 4.79 Å². The van der Waals surface area contributed by atoms with Gasteiger partial charge in [0.1, 0.15) is 0 Å². The number of amides is 1. The van der Waals surface area contributed by atoms with Gasteiger partial charge in [-0.05, 0) is 46.9 Å². The van der Waals surface area contributed by atoms with E-state index < -0.39 is 0 Å². The molecule has 76 valence electrons. The number of anilines is 1. The van der Waals surface area contributed by atoms with Gasteiger partial charge < -0.3 is 10.6 Å². The van der Waals surface area contributed by atoms with Gasteiger partial charge in [-0.25, -0.2) is 0 Å². The van der Waals surface area contributed by atoms with Crippen LogP contribution in [0.5, 0.6) is 0 Å². The Hall–Kier alpha value is -0.780. The number of halogens is 1. The molecule has 1 amide bonds. The lowest BCUT2D eigenvalue weighted by molar-refractivity contribution is -0.120. The van der Waals surface area contributed by atoms with Crippen molar-refractivity contribution in [1.29, 1.82) is 0 Å². The summed E-state index contributed by atoms with van der Waals surface area (Å²) in [6, 6.07) is 8.07. The van der Waals surface area contributed by atoms with Crippen LogP contribution in [0.1, 0.15) is 6.42 Å². The van der Waals surface area contributed by atoms with Gasteiger partial charge in [0.05, 0.1) is 0 Å². The van der Waals surface area contributed by atoms with Gasteiger partial charge in [0.25, 0.3) is 0 Å². The molecule has 1 rings (SSSR count). The molecule has 0 atom stereocenters. The first-order valence-electron chi connectivity index (χ1n) is 4.42. The summed E-state index contributed by atoms with van der Waals surface area (Å²) in [6.45, 7) is 0.667. The average molecular weight is 304 g/mol. The first-order valence-corrected chi connectivity index (χ1v) is 5.50. The van der Waals surface area contributed by atoms with Crippen LogP contribution in [0.4, 0.5) is 5.69 Å². The fraction of sp³-hybridized carbons (Fsp3) is 0.300. The molecular formula is C10H13IN2O. The summed E-state index contributed by atoms with van der Waals surface area (Å²) in [7, 11) is 1.65. The van der Waals surface area contributed by atoms with E-state index in [4.69, 9.17) is 0 Å². The Morgan fingerprint density at radius 1 is 1.36 bits per heavy atom. The van der Waals surface area contributed by atoms with Gasteiger partial charge in [0, 0.05) is 29.3 Å². The van der Waals surface area contributed by atoms with E-state index in [9.17, 15) is 4.79 Å². The second-order valence-corrected chi connectivity index (χ2v) is 4.10. The van der Waals surface area contributed by atoms with Gasteiger partial charge in [-0.3, -0.25) is 4.79 Å². The highest BCUT2D eigenvalue weighted by Gasteiger charge is 1.96. The first-order chi connectivity index (χ1) is 6.72. The molecule has 0 spiro atoms. The van der Waals surface area contributed by atoms with Crippen LogP contribution in [0.25, 0.3) is 0 Å². The number of nitrogens with one attached hydrogen (secondary N) is 2. The van der Waals surface area contributed by atoms with E-state index in [1.165, 1.54) is 3.57 Å². The Morgan fingerprint density at radius 3 is 2.57 bits per heavy atom. The number of rotatable bonds is 4. The minimum Gasteiger partial charge on any atom is -0.385 e. The number of hydrogen-bond acceptors (Lipinski definition) is 2. The van der Waals surface area contributed by atoms with Crippen molar-refractivity contribution in [2.24, 2.45) is 0 Å². The predicted molar refractivity (Wildman–Crippen MR) is 66.3 cm³/mol. The van der Waals surface area contributed by atoms with E-state index in [0.717, 1.165) is 5.69 Å². The zero-order chi connectivity index (χ0) is 10.4. The predicted octanol–water partition coefficient (Wildman–Crippen LogP) is 1.84. The molecule has 1 aromatic rings. The lowest BCUT2D eigenvalue weighted by Crippen LogP contribution is -2.20. The standard InChI is InChI=1S/C10H13IN2O/c1-12-10(14)6-7-13-9-4-2-8(11)3-5-9/h2-5,13H,6-7H2,1H3,(H,12,14). The molecule has 0 aliphatic rings. The lowest BCUT2D eigenvalue weighted by atomic mass is 10.3. The second kappa shape index (κ2) is 5.85. The Balaban J connectivity index is 2.31. The van der Waals surface area contributed by atoms with Crippen molar-refractivity contribution >= 4 is 34.2 Å². The third kappa shape index (κ3) is 3.95. The number of hydrogen-bond donors (Lipinski definition) is 2. The molecule has 0 fully saturated rings. The Labute approximate surface area is 97.4 Å². The van der Waals surface area contributed by atoms with E-state index in [2.05, 4.69) is 33.2 Å². The van der Waals surface area contributed by atoms with Crippen LogP contribution < -0.4 is 10.6 Å². The molecule has 0 heterocycles. The molecule has 0 aliphatic heterocycles. The minimum atomic E-state index is 0.0583. The Bertz CT molecular complexity index is 297. The molecule has 0 unspecified atom stereocenters. The molecule has 2 N–H and O–H groups in total. The fourth-order valence-electron chi connectivity index (χ4n) is 1.01. The quantitative estimate of drug-likeness (QED) is 0.834. The smallest absolute Gasteiger partial charge is 0.221 e. The van der Waals surface area contributed by atoms with Crippen molar-refractivity contribution in [1.82, 2.24) is 5.32 Å². The summed E-state index contributed by atoms with van der Waals surface area (Å²) in [6.07, 6.45) is 0.502. The number of carbonyl (C=O) groups excluding carboxylic acids is 1. The summed E-state index contributed by atoms with van der Waals surface area (Å²) in [4.78, 5) is 10.9. The first kappa shape index (κ1) is 11.3. The lowest BCUT2D eigenvalue weighted by Gasteiger charge is -2.05. The van der Waals surface area contributed by atoms with Crippen molar-refractivity contribution in [3.05, 3.63) is 27.8 Å². The van der Waals surface area contributed by atoms with E-state index >= 15 is 0 Å². The normalized spacial score (nSPS) is 9.57. The van der Waals surface area contributed by atoms with Crippen molar-refractivity contribution in [3.8, 4) is 0 Å². The van der Waals surface area contributed by atoms with Gasteiger partial charge in [-0.15, -0.1) is 0 Å². The van der Waals surface area contributed by atoms with Crippen molar-refractivity contribution in [2.45, 2.75) is 6.42 Å². The molecule has 0 bridgehead atoms. The third-order valence-electron chi connectivity index (χ3n) is 1.80. The second-order valence-electron chi connectivity index (χ2n) is 2.86. The Kier molecular flexibility index (Phi) is 4.72. The molecule has 0 saturated carbocycles. The topological polar surface area (TPSA) is 41.1 Å². The maximum atomic E-state index is 10.9. The largest absolute Gasteiger partial charge is 0.385 e. The summed E-state index contributed by atoms with van der Waals surface area (Å²) in [5.74, 6) is 0.0583. The van der Waals surface area contributed by atoms with Crippen LogP contribution >= 0.6 is 22.6 Å². The maximum absolute atomic E-state index is 10.9. The minimum absolute atomic E-state index is 0.0583. The molecule has 1 aromatic carbocycles. The van der Waals surface area contributed by atoms with E-state index in [0.29, 0.717) is 13.0 Å². The highest BCUT2D eigenvalue weighted by Crippen LogP contribution is 2.10. The molecule has 0 radical (unpaired) electrons. The zero-order valence-corrected chi connectivity index (χ0v) is 10.2. The summed E-state index contributed by atoms with van der Waals surface area (Å²) in [5, 5.41) is 5.75. The molecule has 0 saturated heterocycles. The highest BCUT2D eigenvalue weighted by atomic mass is 127. The average Bonchev–Trinajstić information content (AvgIpc) is 2.21. The Morgan fingerprint density at radius 2 is 2.00 bits per heavy atom. The SMILES string of the molecule is CNC(=O)CCNc1ccc(I)cc1. The molecule has 4 heteroatoms. The zero-order valence-electron chi connectivity index (χ0n) is 8.01. The van der Waals surface area contributed by atoms with E-state index in [-0.39, 0.29) is 5.91 Å². The fourth-order valence-corrected chi connectivity index (χ4v) is 1.37. The monoisotopic (exact) mass is 304 g/mol. The van der Waals surface area contributed by atoms with Crippen LogP contribution in [0, 0.1) is 3.57 Å². The number of benzene rings is 1. The molecule has 14 heavy (non-hydrogen) atoms. The van der Waals surface area contributed by atoms with E-state index in [1.54, 1.807) is 7.05 Å². The summed E-state index contributed by atoms with van der Waals surface area (Å²) in [5.41, 5.74) is 1.05. The van der Waals surface area contributed by atoms with Gasteiger partial charge >= 0.3 is 0 Å². The maximum Gasteiger partial charge on any atom is 0.221 e. The van der Waals surface area contributed by atoms with E-state index in [1.807, 2.05) is 24.3 Å². The number of carbonyl (C=O) groups is 1. The van der Waals surface area contributed by atoms with Crippen molar-refractivity contribution in [3.63, 3.8) is 0 Å². The van der Waals surface area contributed by atoms with Crippen LogP contribution in [-0.4, -0.2) is 19.5 Å². The molecule has 3 nitrogen and oxygen atoms in total. The van der Waals surface area contributed by atoms with Crippen LogP contribution in [-0.2, 0) is 4.79 Å². The van der Waals surface area contributed by atoms with Crippen molar-refractivity contribution in [2.75, 3.05) is 18.9 Å². The highest BCUT2D eigenvalue weighted by molar-refractivity contribution is 14.1. The summed E-state index contributed by atoms with van der Waals surface area (Å²) >= 11 is 2.26. The molecule has 0 aromatic heterocycles. The third-order valence-corrected chi connectivity index (χ3v) is 2.52. The molecule has 0 aliphatic carbocycles.